The van der Waals surface area contributed by atoms with Gasteiger partial charge in [0, 0.05) is 6.54 Å². The van der Waals surface area contributed by atoms with Gasteiger partial charge in [-0.25, -0.2) is 5.10 Å². The first kappa shape index (κ1) is 18.4. The molecule has 1 amide bonds. The molecule has 1 aromatic heterocycles. The molecule has 0 aliphatic carbocycles. The van der Waals surface area contributed by atoms with Crippen LogP contribution in [0.2, 0.25) is 0 Å². The molecular formula is C18H21N3O4. The molecule has 1 atom stereocenters. The van der Waals surface area contributed by atoms with Gasteiger partial charge in [0.05, 0.1) is 11.6 Å². The molecule has 1 heterocycles. The quantitative estimate of drug-likeness (QED) is 0.705. The Balaban J connectivity index is 2.25. The number of carbonyl (C=O) groups is 2. The molecular weight excluding hydrogens is 322 g/mol. The number of amides is 1. The lowest BCUT2D eigenvalue weighted by atomic mass is 9.98. The smallest absolute Gasteiger partial charge is 0.312 e. The summed E-state index contributed by atoms with van der Waals surface area (Å²) in [5.41, 5.74) is 1.27. The first-order valence-electron chi connectivity index (χ1n) is 8.15. The third-order valence-electron chi connectivity index (χ3n) is 4.05. The summed E-state index contributed by atoms with van der Waals surface area (Å²) in [6.45, 7) is 3.62. The Bertz CT molecular complexity index is 815. The van der Waals surface area contributed by atoms with Crippen LogP contribution in [-0.2, 0) is 17.6 Å². The van der Waals surface area contributed by atoms with E-state index in [1.54, 1.807) is 30.3 Å². The van der Waals surface area contributed by atoms with Gasteiger partial charge in [-0.2, -0.15) is 5.10 Å². The molecule has 0 saturated carbocycles. The van der Waals surface area contributed by atoms with Crippen LogP contribution in [-0.4, -0.2) is 33.7 Å². The molecule has 3 N–H and O–H groups in total. The summed E-state index contributed by atoms with van der Waals surface area (Å²) in [5.74, 6) is -2.51. The summed E-state index contributed by atoms with van der Waals surface area (Å²) in [7, 11) is 0. The highest BCUT2D eigenvalue weighted by molar-refractivity contribution is 5.95. The number of H-pyrrole nitrogens is 1. The van der Waals surface area contributed by atoms with Gasteiger partial charge >= 0.3 is 5.97 Å². The Kier molecular flexibility index (Phi) is 6.05. The van der Waals surface area contributed by atoms with Gasteiger partial charge in [0.25, 0.3) is 11.5 Å². The van der Waals surface area contributed by atoms with Crippen LogP contribution in [0, 0.1) is 0 Å². The van der Waals surface area contributed by atoms with Crippen molar-refractivity contribution in [2.45, 2.75) is 32.6 Å². The van der Waals surface area contributed by atoms with Crippen molar-refractivity contribution in [2.24, 2.45) is 0 Å². The van der Waals surface area contributed by atoms with E-state index in [2.05, 4.69) is 15.5 Å². The largest absolute Gasteiger partial charge is 0.481 e. The second kappa shape index (κ2) is 8.23. The van der Waals surface area contributed by atoms with Crippen LogP contribution < -0.4 is 10.9 Å². The second-order valence-electron chi connectivity index (χ2n) is 5.57. The summed E-state index contributed by atoms with van der Waals surface area (Å²) >= 11 is 0. The lowest BCUT2D eigenvalue weighted by Gasteiger charge is -2.15. The predicted molar refractivity (Wildman–Crippen MR) is 92.8 cm³/mol. The third-order valence-corrected chi connectivity index (χ3v) is 4.05. The number of aromatic amines is 1. The highest BCUT2D eigenvalue weighted by Crippen LogP contribution is 2.15. The molecule has 2 aromatic rings. The van der Waals surface area contributed by atoms with Gasteiger partial charge in [-0.05, 0) is 24.0 Å². The standard InChI is InChI=1S/C18H21N3O4/c1-3-12-14(4-2)20-21-17(23)15(12)16(22)19-10-13(18(24)25)11-8-6-5-7-9-11/h5-9,13H,3-4,10H2,1-2H3,(H,19,22)(H,21,23)(H,24,25). The van der Waals surface area contributed by atoms with E-state index in [9.17, 15) is 19.5 Å². The van der Waals surface area contributed by atoms with Crippen LogP contribution in [0.5, 0.6) is 0 Å². The van der Waals surface area contributed by atoms with Crippen LogP contribution in [0.25, 0.3) is 0 Å². The van der Waals surface area contributed by atoms with E-state index in [0.717, 1.165) is 0 Å². The van der Waals surface area contributed by atoms with E-state index in [1.165, 1.54) is 0 Å². The number of aliphatic carboxylic acids is 1. The first-order valence-corrected chi connectivity index (χ1v) is 8.15. The van der Waals surface area contributed by atoms with E-state index in [0.29, 0.717) is 29.7 Å². The van der Waals surface area contributed by atoms with Gasteiger partial charge in [-0.3, -0.25) is 14.4 Å². The Morgan fingerprint density at radius 1 is 1.20 bits per heavy atom. The lowest BCUT2D eigenvalue weighted by molar-refractivity contribution is -0.138. The number of aryl methyl sites for hydroxylation is 1. The zero-order valence-electron chi connectivity index (χ0n) is 14.2. The monoisotopic (exact) mass is 343 g/mol. The maximum Gasteiger partial charge on any atom is 0.312 e. The zero-order chi connectivity index (χ0) is 18.4. The molecule has 0 aliphatic rings. The van der Waals surface area contributed by atoms with Gasteiger partial charge in [0.15, 0.2) is 0 Å². The Morgan fingerprint density at radius 3 is 2.44 bits per heavy atom. The summed E-state index contributed by atoms with van der Waals surface area (Å²) in [4.78, 5) is 36.1. The molecule has 7 nitrogen and oxygen atoms in total. The number of benzene rings is 1. The van der Waals surface area contributed by atoms with Crippen LogP contribution in [0.4, 0.5) is 0 Å². The number of carbonyl (C=O) groups excluding carboxylic acids is 1. The molecule has 0 spiro atoms. The Morgan fingerprint density at radius 2 is 1.88 bits per heavy atom. The van der Waals surface area contributed by atoms with Gasteiger partial charge in [0.1, 0.15) is 5.56 Å². The molecule has 1 unspecified atom stereocenters. The van der Waals surface area contributed by atoms with Crippen molar-refractivity contribution in [3.05, 3.63) is 63.1 Å². The van der Waals surface area contributed by atoms with Crippen molar-refractivity contribution in [1.82, 2.24) is 15.5 Å². The van der Waals surface area contributed by atoms with Crippen molar-refractivity contribution < 1.29 is 14.7 Å². The molecule has 132 valence electrons. The van der Waals surface area contributed by atoms with E-state index in [4.69, 9.17) is 0 Å². The van der Waals surface area contributed by atoms with Crippen molar-refractivity contribution in [1.29, 1.82) is 0 Å². The van der Waals surface area contributed by atoms with Gasteiger partial charge in [-0.1, -0.05) is 44.2 Å². The summed E-state index contributed by atoms with van der Waals surface area (Å²) in [5, 5.41) is 18.3. The molecule has 7 heteroatoms. The molecule has 0 saturated heterocycles. The molecule has 0 bridgehead atoms. The first-order chi connectivity index (χ1) is 12.0. The van der Waals surface area contributed by atoms with E-state index >= 15 is 0 Å². The average Bonchev–Trinajstić information content (AvgIpc) is 2.61. The fraction of sp³-hybridized carbons (Fsp3) is 0.333. The number of carboxylic acids is 1. The van der Waals surface area contributed by atoms with E-state index in [-0.39, 0.29) is 12.1 Å². The van der Waals surface area contributed by atoms with Crippen LogP contribution in [0.3, 0.4) is 0 Å². The number of aromatic nitrogens is 2. The van der Waals surface area contributed by atoms with Crippen LogP contribution in [0.1, 0.15) is 46.9 Å². The van der Waals surface area contributed by atoms with Crippen molar-refractivity contribution in [2.75, 3.05) is 6.54 Å². The summed E-state index contributed by atoms with van der Waals surface area (Å²) in [6.07, 6.45) is 1.08. The molecule has 25 heavy (non-hydrogen) atoms. The van der Waals surface area contributed by atoms with Gasteiger partial charge in [-0.15, -0.1) is 0 Å². The summed E-state index contributed by atoms with van der Waals surface area (Å²) < 4.78 is 0. The number of rotatable bonds is 7. The minimum Gasteiger partial charge on any atom is -0.481 e. The molecule has 0 fully saturated rings. The molecule has 1 aromatic carbocycles. The fourth-order valence-corrected chi connectivity index (χ4v) is 2.75. The highest BCUT2D eigenvalue weighted by Gasteiger charge is 2.23. The maximum atomic E-state index is 12.5. The SMILES string of the molecule is CCc1n[nH]c(=O)c(C(=O)NCC(C(=O)O)c2ccccc2)c1CC. The normalized spacial score (nSPS) is 11.8. The second-order valence-corrected chi connectivity index (χ2v) is 5.57. The number of nitrogens with zero attached hydrogens (tertiary/aromatic N) is 1. The van der Waals surface area contributed by atoms with Crippen molar-refractivity contribution in [3.8, 4) is 0 Å². The lowest BCUT2D eigenvalue weighted by Crippen LogP contribution is -2.36. The number of hydrogen-bond donors (Lipinski definition) is 3. The van der Waals surface area contributed by atoms with Crippen molar-refractivity contribution in [3.63, 3.8) is 0 Å². The van der Waals surface area contributed by atoms with Crippen molar-refractivity contribution >= 4 is 11.9 Å². The van der Waals surface area contributed by atoms with Gasteiger partial charge in [0.2, 0.25) is 0 Å². The summed E-state index contributed by atoms with van der Waals surface area (Å²) in [6, 6.07) is 8.65. The number of hydrogen-bond acceptors (Lipinski definition) is 4. The predicted octanol–water partition coefficient (Wildman–Crippen LogP) is 1.49. The van der Waals surface area contributed by atoms with E-state index in [1.807, 2.05) is 13.8 Å². The minimum absolute atomic E-state index is 0.00607. The minimum atomic E-state index is -1.04. The average molecular weight is 343 g/mol. The third kappa shape index (κ3) is 4.12. The number of nitrogens with one attached hydrogen (secondary N) is 2. The van der Waals surface area contributed by atoms with Crippen LogP contribution >= 0.6 is 0 Å². The molecule has 0 aliphatic heterocycles. The molecule has 2 rings (SSSR count). The highest BCUT2D eigenvalue weighted by atomic mass is 16.4. The number of carboxylic acid groups (broad SMARTS) is 1. The fourth-order valence-electron chi connectivity index (χ4n) is 2.75. The van der Waals surface area contributed by atoms with Gasteiger partial charge < -0.3 is 10.4 Å². The zero-order valence-corrected chi connectivity index (χ0v) is 14.2. The Hall–Kier alpha value is -2.96. The van der Waals surface area contributed by atoms with Crippen LogP contribution in [0.15, 0.2) is 35.1 Å². The maximum absolute atomic E-state index is 12.5. The van der Waals surface area contributed by atoms with E-state index < -0.39 is 23.4 Å². The molecule has 0 radical (unpaired) electrons. The Labute approximate surface area is 145 Å². The topological polar surface area (TPSA) is 112 Å².